The van der Waals surface area contributed by atoms with Crippen LogP contribution in [0, 0.1) is 57.6 Å². The van der Waals surface area contributed by atoms with Crippen LogP contribution in [0.15, 0.2) is 0 Å². The molecule has 0 aromatic heterocycles. The lowest BCUT2D eigenvalue weighted by Crippen LogP contribution is -2.23. The molecule has 0 N–H and O–H groups in total. The summed E-state index contributed by atoms with van der Waals surface area (Å²) in [5.41, 5.74) is 1.12. The van der Waals surface area contributed by atoms with Gasteiger partial charge in [0, 0.05) is 22.4 Å². The molecule has 0 radical (unpaired) electrons. The molecule has 4 aliphatic rings. The van der Waals surface area contributed by atoms with Gasteiger partial charge in [0.2, 0.25) is 0 Å². The molecule has 0 bridgehead atoms. The van der Waals surface area contributed by atoms with E-state index in [0.29, 0.717) is 18.3 Å². The summed E-state index contributed by atoms with van der Waals surface area (Å²) in [6, 6.07) is 0. The molecule has 0 heterocycles. The molecule has 4 fully saturated rings. The predicted molar refractivity (Wildman–Crippen MR) is 296 cm³/mol. The summed E-state index contributed by atoms with van der Waals surface area (Å²) in [6.45, 7) is 48.4. The lowest BCUT2D eigenvalue weighted by Gasteiger charge is -2.36. The van der Waals surface area contributed by atoms with Gasteiger partial charge in [-0.05, 0) is 83.3 Å². The van der Waals surface area contributed by atoms with E-state index in [4.69, 9.17) is 9.60 Å². The second-order valence-corrected chi connectivity index (χ2v) is 23.4. The molecule has 0 aromatic rings. The van der Waals surface area contributed by atoms with Crippen molar-refractivity contribution in [1.82, 2.24) is 0 Å². The molecule has 4 saturated carbocycles. The highest BCUT2D eigenvalue weighted by atomic mass is 19.4. The molecule has 0 saturated heterocycles. The van der Waals surface area contributed by atoms with E-state index >= 15 is 0 Å². The van der Waals surface area contributed by atoms with Gasteiger partial charge in [0.25, 0.3) is 0 Å². The van der Waals surface area contributed by atoms with E-state index in [1.165, 1.54) is 64.2 Å². The minimum absolute atomic E-state index is 0.0556. The highest BCUT2D eigenvalue weighted by molar-refractivity contribution is 4.88. The van der Waals surface area contributed by atoms with Gasteiger partial charge in [0.15, 0.2) is 0 Å². The molecule has 4 rings (SSSR count). The van der Waals surface area contributed by atoms with E-state index in [-0.39, 0.29) is 40.9 Å². The number of hydrogen-bond donors (Lipinski definition) is 0. The summed E-state index contributed by atoms with van der Waals surface area (Å²) in [7, 11) is 0. The monoisotopic (exact) mass is 984 g/mol. The fourth-order valence-electron chi connectivity index (χ4n) is 6.21. The van der Waals surface area contributed by atoms with Gasteiger partial charge in [-0.3, -0.25) is 0 Å². The third-order valence-electron chi connectivity index (χ3n) is 11.0. The Kier molecular flexibility index (Phi) is 47.4. The van der Waals surface area contributed by atoms with Crippen LogP contribution >= 0.6 is 0 Å². The van der Waals surface area contributed by atoms with E-state index in [0.717, 1.165) is 37.0 Å². The summed E-state index contributed by atoms with van der Waals surface area (Å²) < 4.78 is 120. The van der Waals surface area contributed by atoms with Gasteiger partial charge in [-0.15, -0.1) is 0 Å². The third kappa shape index (κ3) is 89.0. The Hall–Kier alpha value is -0.420. The van der Waals surface area contributed by atoms with Crippen molar-refractivity contribution >= 4 is 0 Å². The highest BCUT2D eigenvalue weighted by Gasteiger charge is 2.36. The standard InChI is InChI=1S/C11H20.C7H14.2C6H11F3.C6H12.C6H14.2C5H12.C4H10.C3H8.C2H6/c1-10-4-8-11(9-5-10)6-2-3-7-11;1-7-5-3-2-4-6-7;2*1-3-5(2)4-6(7,8)9;1-6-4-2-3-5-6;1-5-6(2,3)4;1-5(2,3)4;1-4-5(2)3;1-4(2)3;1-3-2;1-2/h10H,2-9H2,1H3;7H,2-6H2,1H3;2*5H,3-4H2,1-2H3;6H,2-5H2,1H3;5H2,1-4H3;1-4H3;5H,4H2,1-3H3;4H,1-3H3;3H2,1-2H3;1-2H3/t;;2*5-;;;;;;;/m..00......./s1/i;7D;;;6D;5D2;;4D2;4D;;. The topological polar surface area (TPSA) is 0 Å². The fraction of sp³-hybridized carbons (Fsp3) is 1.00. The molecule has 0 aromatic carbocycles. The maximum Gasteiger partial charge on any atom is 0.389 e. The first-order valence-electron chi connectivity index (χ1n) is 30.9. The second-order valence-electron chi connectivity index (χ2n) is 23.4. The summed E-state index contributed by atoms with van der Waals surface area (Å²) in [6.07, 6.45) is 14.4. The molecular weight excluding hydrogens is 847 g/mol. The van der Waals surface area contributed by atoms with Crippen molar-refractivity contribution in [1.29, 1.82) is 0 Å². The molecule has 2 atom stereocenters. The average molecular weight is 985 g/mol. The van der Waals surface area contributed by atoms with Crippen LogP contribution in [0.2, 0.25) is 0 Å². The molecule has 416 valence electrons. The maximum absolute atomic E-state index is 11.5. The Labute approximate surface area is 431 Å². The molecule has 1 spiro atoms. The largest absolute Gasteiger partial charge is 0.389 e. The molecule has 67 heavy (non-hydrogen) atoms. The molecule has 4 aliphatic carbocycles. The van der Waals surface area contributed by atoms with Crippen LogP contribution in [0.1, 0.15) is 337 Å². The van der Waals surface area contributed by atoms with Gasteiger partial charge in [0.05, 0.1) is 0 Å². The van der Waals surface area contributed by atoms with Crippen molar-refractivity contribution in [2.75, 3.05) is 0 Å². The van der Waals surface area contributed by atoms with Crippen molar-refractivity contribution in [3.05, 3.63) is 0 Å². The maximum atomic E-state index is 11.5. The van der Waals surface area contributed by atoms with Crippen LogP contribution in [0.3, 0.4) is 0 Å². The SMILES string of the molecule is CC.CC(C)(C)C.CC1CCC2(CCCC2)CC1.CCC.CC[C@H](C)CC(F)(F)F.CC[C@H](C)CC(F)(F)F.[2H]C(C)(C)C.[2H]C([2H])(C)C(C)(C)C.[2H]C([2H])(C)C(C)C.[2H]C1(C)CCCC1.[2H]C1(C)CCCCC1. The number of hydrogen-bond acceptors (Lipinski definition) is 0. The first-order valence-corrected chi connectivity index (χ1v) is 27.4. The van der Waals surface area contributed by atoms with Crippen LogP contribution in [-0.2, 0) is 0 Å². The van der Waals surface area contributed by atoms with Gasteiger partial charge in [-0.1, -0.05) is 289 Å². The van der Waals surface area contributed by atoms with Crippen molar-refractivity contribution < 1.29 is 35.9 Å². The van der Waals surface area contributed by atoms with E-state index < -0.39 is 37.9 Å². The zero-order chi connectivity index (χ0) is 60.9. The first kappa shape index (κ1) is 64.6. The predicted octanol–water partition coefficient (Wildman–Crippen LogP) is 25.2. The van der Waals surface area contributed by atoms with Crippen molar-refractivity contribution in [3.8, 4) is 0 Å². The Morgan fingerprint density at radius 3 is 0.910 bits per heavy atom. The smallest absolute Gasteiger partial charge is 0.171 e. The van der Waals surface area contributed by atoms with Crippen molar-refractivity contribution in [2.24, 2.45) is 57.6 Å². The van der Waals surface area contributed by atoms with Crippen LogP contribution in [0.25, 0.3) is 0 Å². The van der Waals surface area contributed by atoms with Gasteiger partial charge in [-0.25, -0.2) is 0 Å². The Morgan fingerprint density at radius 2 is 0.761 bits per heavy atom. The lowest BCUT2D eigenvalue weighted by molar-refractivity contribution is -0.144. The van der Waals surface area contributed by atoms with Crippen LogP contribution in [0.5, 0.6) is 0 Å². The highest BCUT2D eigenvalue weighted by Crippen LogP contribution is 2.50. The normalized spacial score (nSPS) is 20.9. The average Bonchev–Trinajstić information content (AvgIpc) is 3.82. The van der Waals surface area contributed by atoms with Crippen LogP contribution in [-0.4, -0.2) is 12.4 Å². The van der Waals surface area contributed by atoms with Gasteiger partial charge >= 0.3 is 12.4 Å². The molecular formula is C61H130F6. The molecule has 0 nitrogen and oxygen atoms in total. The molecule has 0 unspecified atom stereocenters. The van der Waals surface area contributed by atoms with Crippen molar-refractivity contribution in [2.45, 2.75) is 339 Å². The summed E-state index contributed by atoms with van der Waals surface area (Å²) in [4.78, 5) is 0. The minimum Gasteiger partial charge on any atom is -0.171 e. The van der Waals surface area contributed by atoms with E-state index in [1.807, 2.05) is 83.1 Å². The third-order valence-corrected chi connectivity index (χ3v) is 11.0. The number of halogens is 6. The van der Waals surface area contributed by atoms with Crippen molar-refractivity contribution in [3.63, 3.8) is 0 Å². The van der Waals surface area contributed by atoms with Gasteiger partial charge in [0.1, 0.15) is 0 Å². The minimum atomic E-state index is -3.98. The summed E-state index contributed by atoms with van der Waals surface area (Å²) >= 11 is 0. The zero-order valence-corrected chi connectivity index (χ0v) is 50.1. The summed E-state index contributed by atoms with van der Waals surface area (Å²) in [5.74, 6) is 0.321. The van der Waals surface area contributed by atoms with Crippen LogP contribution < -0.4 is 0 Å². The van der Waals surface area contributed by atoms with E-state index in [1.54, 1.807) is 67.2 Å². The Balaban J connectivity index is -0.000000136. The molecule has 6 heteroatoms. The summed E-state index contributed by atoms with van der Waals surface area (Å²) in [5, 5.41) is 0. The molecule has 0 aliphatic heterocycles. The zero-order valence-electron chi connectivity index (χ0n) is 57.1. The number of alkyl halides is 6. The van der Waals surface area contributed by atoms with Gasteiger partial charge in [-0.2, -0.15) is 26.3 Å². The van der Waals surface area contributed by atoms with E-state index in [9.17, 15) is 26.3 Å². The fourth-order valence-corrected chi connectivity index (χ4v) is 6.21. The Bertz CT molecular complexity index is 1120. The molecule has 0 amide bonds. The number of rotatable bonds is 5. The van der Waals surface area contributed by atoms with E-state index in [2.05, 4.69) is 48.5 Å². The second kappa shape index (κ2) is 49.2. The quantitative estimate of drug-likeness (QED) is 0.241. The Morgan fingerprint density at radius 1 is 0.522 bits per heavy atom. The van der Waals surface area contributed by atoms with Crippen LogP contribution in [0.4, 0.5) is 26.3 Å². The first-order chi connectivity index (χ1) is 32.7. The lowest BCUT2D eigenvalue weighted by atomic mass is 9.70. The van der Waals surface area contributed by atoms with Gasteiger partial charge < -0.3 is 0 Å².